The van der Waals surface area contributed by atoms with Crippen LogP contribution < -0.4 is 20.8 Å². The van der Waals surface area contributed by atoms with Crippen molar-refractivity contribution in [3.8, 4) is 17.3 Å². The van der Waals surface area contributed by atoms with Gasteiger partial charge in [0.1, 0.15) is 22.6 Å². The van der Waals surface area contributed by atoms with Gasteiger partial charge in [-0.05, 0) is 67.8 Å². The molecule has 0 radical (unpaired) electrons. The maximum absolute atomic E-state index is 13.9. The Morgan fingerprint density at radius 1 is 0.953 bits per heavy atom. The highest BCUT2D eigenvalue weighted by Gasteiger charge is 2.38. The molecule has 0 saturated carbocycles. The molecule has 43 heavy (non-hydrogen) atoms. The lowest BCUT2D eigenvalue weighted by molar-refractivity contribution is -0.113. The Kier molecular flexibility index (Phi) is 7.37. The number of thioether (sulfide) groups is 1. The van der Waals surface area contributed by atoms with E-state index in [0.29, 0.717) is 22.8 Å². The molecule has 1 fully saturated rings. The highest BCUT2D eigenvalue weighted by atomic mass is 32.2. The summed E-state index contributed by atoms with van der Waals surface area (Å²) >= 11 is 6.63. The Morgan fingerprint density at radius 3 is 2.37 bits per heavy atom. The van der Waals surface area contributed by atoms with Gasteiger partial charge in [-0.2, -0.15) is 4.98 Å². The smallest absolute Gasteiger partial charge is 0.296 e. The van der Waals surface area contributed by atoms with E-state index in [-0.39, 0.29) is 31.9 Å². The minimum atomic E-state index is -0.506. The van der Waals surface area contributed by atoms with Gasteiger partial charge < -0.3 is 4.74 Å². The van der Waals surface area contributed by atoms with Crippen molar-refractivity contribution in [2.75, 3.05) is 4.90 Å². The Bertz CT molecular complexity index is 2080. The topological polar surface area (TPSA) is 90.8 Å². The Balaban J connectivity index is 1.46. The summed E-state index contributed by atoms with van der Waals surface area (Å²) in [6, 6.07) is 20.3. The molecular weight excluding hydrogens is 583 g/mol. The van der Waals surface area contributed by atoms with Crippen LogP contribution in [0.1, 0.15) is 29.3 Å². The van der Waals surface area contributed by atoms with Crippen molar-refractivity contribution in [2.24, 2.45) is 7.05 Å². The van der Waals surface area contributed by atoms with E-state index >= 15 is 0 Å². The van der Waals surface area contributed by atoms with Gasteiger partial charge in [-0.1, -0.05) is 67.3 Å². The molecule has 2 aromatic carbocycles. The Morgan fingerprint density at radius 2 is 1.67 bits per heavy atom. The third kappa shape index (κ3) is 4.90. The molecule has 0 aliphatic carbocycles. The van der Waals surface area contributed by atoms with Crippen LogP contribution in [-0.4, -0.2) is 29.0 Å². The number of aryl methyl sites for hydroxylation is 2. The minimum absolute atomic E-state index is 0.0659. The number of pyridine rings is 1. The number of nitrogens with zero attached hydrogens (tertiary/aromatic N) is 5. The number of aromatic nitrogens is 4. The van der Waals surface area contributed by atoms with Crippen LogP contribution in [-0.2, 0) is 18.3 Å². The third-order valence-corrected chi connectivity index (χ3v) is 8.71. The molecule has 3 aromatic heterocycles. The number of carbonyl (C=O) groups is 1. The molecule has 6 rings (SSSR count). The molecule has 216 valence electrons. The van der Waals surface area contributed by atoms with Gasteiger partial charge in [-0.15, -0.1) is 0 Å². The quantitative estimate of drug-likeness (QED) is 0.184. The van der Waals surface area contributed by atoms with Gasteiger partial charge in [-0.25, -0.2) is 4.68 Å². The van der Waals surface area contributed by atoms with E-state index in [2.05, 4.69) is 11.9 Å². The molecule has 1 amide bonds. The summed E-state index contributed by atoms with van der Waals surface area (Å²) < 4.78 is 10.9. The molecule has 1 aliphatic rings. The Hall–Kier alpha value is -4.74. The van der Waals surface area contributed by atoms with E-state index in [4.69, 9.17) is 17.0 Å². The maximum Gasteiger partial charge on any atom is 0.296 e. The highest BCUT2D eigenvalue weighted by molar-refractivity contribution is 8.27. The van der Waals surface area contributed by atoms with Crippen LogP contribution in [0.5, 0.6) is 11.6 Å². The molecule has 0 atom stereocenters. The minimum Gasteiger partial charge on any atom is -0.438 e. The molecule has 1 saturated heterocycles. The van der Waals surface area contributed by atoms with Crippen LogP contribution in [0.15, 0.2) is 87.4 Å². The number of rotatable bonds is 6. The zero-order chi connectivity index (χ0) is 30.4. The van der Waals surface area contributed by atoms with E-state index in [1.807, 2.05) is 67.6 Å². The summed E-state index contributed by atoms with van der Waals surface area (Å²) in [5.74, 6) is 0.0646. The molecule has 4 heterocycles. The second kappa shape index (κ2) is 11.2. The fourth-order valence-corrected chi connectivity index (χ4v) is 6.25. The second-order valence-corrected chi connectivity index (χ2v) is 11.7. The number of thiocarbonyl (C=S) groups is 1. The van der Waals surface area contributed by atoms with Gasteiger partial charge in [0.15, 0.2) is 4.32 Å². The number of carbonyl (C=O) groups excluding carboxylic acids is 1. The molecule has 1 aliphatic heterocycles. The SMILES string of the molecule is CCc1ccc(Oc2nc3c(C)cccn3c(=O)c2/C=C2/SC(=S)N(c3c(C)n(C)n(-c4ccccc4)c3=O)C2=O)cc1. The number of anilines is 1. The lowest BCUT2D eigenvalue weighted by Crippen LogP contribution is -2.33. The predicted molar refractivity (Wildman–Crippen MR) is 173 cm³/mol. The average molecular weight is 610 g/mol. The molecule has 9 nitrogen and oxygen atoms in total. The molecule has 0 unspecified atom stereocenters. The summed E-state index contributed by atoms with van der Waals surface area (Å²) in [6.45, 7) is 5.68. The number of hydrogen-bond acceptors (Lipinski definition) is 7. The fourth-order valence-electron chi connectivity index (χ4n) is 5.00. The van der Waals surface area contributed by atoms with Gasteiger partial charge in [0.25, 0.3) is 17.0 Å². The first kappa shape index (κ1) is 28.4. The fraction of sp³-hybridized carbons (Fsp3) is 0.156. The summed E-state index contributed by atoms with van der Waals surface area (Å²) in [7, 11) is 1.75. The standard InChI is InChI=1S/C32H27N5O4S2/c1-5-21-13-15-23(16-14-21)41-28-24(29(38)35-17-9-10-19(2)27(35)33-28)18-25-30(39)36(32(42)43-25)26-20(3)34(4)37(31(26)40)22-11-7-6-8-12-22/h6-18H,5H2,1-4H3/b25-18+. The molecule has 0 spiro atoms. The molecule has 0 bridgehead atoms. The van der Waals surface area contributed by atoms with Gasteiger partial charge in [0.05, 0.1) is 16.3 Å². The van der Waals surface area contributed by atoms with E-state index in [1.54, 1.807) is 30.9 Å². The summed E-state index contributed by atoms with van der Waals surface area (Å²) in [5.41, 5.74) is 3.06. The lowest BCUT2D eigenvalue weighted by Gasteiger charge is -2.13. The van der Waals surface area contributed by atoms with Gasteiger partial charge in [0.2, 0.25) is 5.88 Å². The second-order valence-electron chi connectivity index (χ2n) is 10.0. The van der Waals surface area contributed by atoms with Crippen molar-refractivity contribution in [1.29, 1.82) is 0 Å². The van der Waals surface area contributed by atoms with Crippen molar-refractivity contribution >= 4 is 51.6 Å². The molecule has 5 aromatic rings. The number of fused-ring (bicyclic) bond motifs is 1. The normalized spacial score (nSPS) is 14.3. The first-order valence-electron chi connectivity index (χ1n) is 13.6. The number of hydrogen-bond donors (Lipinski definition) is 0. The average Bonchev–Trinajstić information content (AvgIpc) is 3.40. The highest BCUT2D eigenvalue weighted by Crippen LogP contribution is 2.37. The third-order valence-electron chi connectivity index (χ3n) is 7.41. The van der Waals surface area contributed by atoms with E-state index in [0.717, 1.165) is 29.3 Å². The van der Waals surface area contributed by atoms with Crippen molar-refractivity contribution in [1.82, 2.24) is 18.7 Å². The zero-order valence-electron chi connectivity index (χ0n) is 23.9. The van der Waals surface area contributed by atoms with E-state index in [1.165, 1.54) is 20.1 Å². The number of ether oxygens (including phenoxy) is 1. The van der Waals surface area contributed by atoms with Crippen LogP contribution in [0.2, 0.25) is 0 Å². The van der Waals surface area contributed by atoms with Gasteiger partial charge in [0, 0.05) is 13.2 Å². The number of para-hydroxylation sites is 1. The number of amides is 1. The van der Waals surface area contributed by atoms with Gasteiger partial charge >= 0.3 is 0 Å². The molecule has 0 N–H and O–H groups in total. The van der Waals surface area contributed by atoms with Crippen molar-refractivity contribution in [3.63, 3.8) is 0 Å². The maximum atomic E-state index is 13.9. The van der Waals surface area contributed by atoms with Crippen LogP contribution in [0, 0.1) is 13.8 Å². The summed E-state index contributed by atoms with van der Waals surface area (Å²) in [5, 5.41) is 0. The van der Waals surface area contributed by atoms with Crippen LogP contribution >= 0.6 is 24.0 Å². The largest absolute Gasteiger partial charge is 0.438 e. The summed E-state index contributed by atoms with van der Waals surface area (Å²) in [4.78, 5) is 47.4. The number of benzene rings is 2. The van der Waals surface area contributed by atoms with Gasteiger partial charge in [-0.3, -0.25) is 28.4 Å². The molecule has 11 heteroatoms. The molecular formula is C32H27N5O4S2. The Labute approximate surface area is 256 Å². The zero-order valence-corrected chi connectivity index (χ0v) is 25.5. The predicted octanol–water partition coefficient (Wildman–Crippen LogP) is 5.56. The van der Waals surface area contributed by atoms with Crippen LogP contribution in [0.4, 0.5) is 5.69 Å². The monoisotopic (exact) mass is 609 g/mol. The lowest BCUT2D eigenvalue weighted by atomic mass is 10.2. The van der Waals surface area contributed by atoms with Crippen LogP contribution in [0.3, 0.4) is 0 Å². The van der Waals surface area contributed by atoms with E-state index < -0.39 is 11.5 Å². The van der Waals surface area contributed by atoms with E-state index in [9.17, 15) is 14.4 Å². The van der Waals surface area contributed by atoms with Crippen molar-refractivity contribution in [2.45, 2.75) is 27.2 Å². The van der Waals surface area contributed by atoms with Crippen molar-refractivity contribution < 1.29 is 9.53 Å². The first-order chi connectivity index (χ1) is 20.7. The van der Waals surface area contributed by atoms with Crippen molar-refractivity contribution in [3.05, 3.63) is 121 Å². The van der Waals surface area contributed by atoms with Crippen LogP contribution in [0.25, 0.3) is 17.4 Å². The summed E-state index contributed by atoms with van der Waals surface area (Å²) in [6.07, 6.45) is 3.95. The first-order valence-corrected chi connectivity index (χ1v) is 14.8.